The van der Waals surface area contributed by atoms with Gasteiger partial charge in [-0.1, -0.05) is 12.1 Å². The Kier molecular flexibility index (Phi) is 13.5. The Balaban J connectivity index is 1.37. The molecule has 3 aromatic carbocycles. The van der Waals surface area contributed by atoms with E-state index >= 15 is 0 Å². The zero-order chi connectivity index (χ0) is 35.3. The van der Waals surface area contributed by atoms with Crippen LogP contribution in [0.2, 0.25) is 0 Å². The van der Waals surface area contributed by atoms with Crippen LogP contribution in [-0.4, -0.2) is 37.9 Å². The maximum absolute atomic E-state index is 14.7. The predicted octanol–water partition coefficient (Wildman–Crippen LogP) is 7.95. The number of halogens is 7. The van der Waals surface area contributed by atoms with Gasteiger partial charge in [0.1, 0.15) is 11.3 Å². The van der Waals surface area contributed by atoms with E-state index in [0.717, 1.165) is 24.6 Å². The molecule has 3 rings (SSSR count). The zero-order valence-electron chi connectivity index (χ0n) is 25.5. The van der Waals surface area contributed by atoms with E-state index in [-0.39, 0.29) is 18.8 Å². The number of alkyl halides is 5. The Hall–Kier alpha value is -4.95. The number of carbonyl (C=O) groups excluding carboxylic acids is 2. The minimum absolute atomic E-state index is 0.149. The highest BCUT2D eigenvalue weighted by molar-refractivity contribution is 5.91. The highest BCUT2D eigenvalue weighted by Gasteiger charge is 2.39. The van der Waals surface area contributed by atoms with Crippen molar-refractivity contribution in [2.75, 3.05) is 31.3 Å². The quantitative estimate of drug-likeness (QED) is 0.0482. The zero-order valence-corrected chi connectivity index (χ0v) is 25.5. The number of benzene rings is 3. The molecule has 0 spiro atoms. The van der Waals surface area contributed by atoms with Gasteiger partial charge in [0.15, 0.2) is 11.6 Å². The Bertz CT molecular complexity index is 1540. The minimum atomic E-state index is -4.46. The van der Waals surface area contributed by atoms with E-state index in [2.05, 4.69) is 4.74 Å². The number of nitrogen functional groups attached to an aromatic ring is 2. The summed E-state index contributed by atoms with van der Waals surface area (Å²) in [5, 5.41) is 0. The third kappa shape index (κ3) is 12.3. The van der Waals surface area contributed by atoms with Crippen LogP contribution in [0.25, 0.3) is 6.08 Å². The summed E-state index contributed by atoms with van der Waals surface area (Å²) in [6, 6.07) is 10.6. The molecule has 0 aliphatic carbocycles. The van der Waals surface area contributed by atoms with Gasteiger partial charge >= 0.3 is 24.2 Å². The van der Waals surface area contributed by atoms with Crippen LogP contribution in [0.15, 0.2) is 60.7 Å². The molecule has 0 unspecified atom stereocenters. The monoisotopic (exact) mass is 686 g/mol. The molecule has 0 radical (unpaired) electrons. The van der Waals surface area contributed by atoms with Crippen LogP contribution in [-0.2, 0) is 20.4 Å². The first kappa shape index (κ1) is 37.5. The van der Waals surface area contributed by atoms with E-state index < -0.39 is 72.4 Å². The van der Waals surface area contributed by atoms with Gasteiger partial charge < -0.3 is 30.4 Å². The second-order valence-corrected chi connectivity index (χ2v) is 10.4. The van der Waals surface area contributed by atoms with Gasteiger partial charge in [-0.15, -0.1) is 0 Å². The predicted molar refractivity (Wildman–Crippen MR) is 162 cm³/mol. The molecule has 0 heterocycles. The maximum Gasteiger partial charge on any atom is 0.429 e. The second kappa shape index (κ2) is 17.3. The summed E-state index contributed by atoms with van der Waals surface area (Å²) < 4.78 is 114. The number of nitrogens with two attached hydrogens (primary N) is 2. The van der Waals surface area contributed by atoms with Crippen molar-refractivity contribution in [3.8, 4) is 11.5 Å². The molecule has 0 aliphatic rings. The van der Waals surface area contributed by atoms with Crippen LogP contribution in [0.1, 0.15) is 60.0 Å². The van der Waals surface area contributed by atoms with Gasteiger partial charge in [0.2, 0.25) is 5.82 Å². The van der Waals surface area contributed by atoms with E-state index in [9.17, 15) is 40.3 Å². The van der Waals surface area contributed by atoms with Gasteiger partial charge in [0.25, 0.3) is 0 Å². The molecule has 0 saturated heterocycles. The summed E-state index contributed by atoms with van der Waals surface area (Å²) in [5.74, 6) is -6.16. The minimum Gasteiger partial charge on any atom is -0.490 e. The number of hydrogen-bond donors (Lipinski definition) is 2. The molecule has 0 bridgehead atoms. The smallest absolute Gasteiger partial charge is 0.429 e. The van der Waals surface area contributed by atoms with E-state index in [0.29, 0.717) is 48.3 Å². The van der Waals surface area contributed by atoms with Gasteiger partial charge in [0.05, 0.1) is 25.4 Å². The fourth-order valence-electron chi connectivity index (χ4n) is 4.16. The van der Waals surface area contributed by atoms with Crippen LogP contribution in [0.4, 0.5) is 42.1 Å². The van der Waals surface area contributed by atoms with Crippen LogP contribution >= 0.6 is 0 Å². The van der Waals surface area contributed by atoms with Crippen molar-refractivity contribution in [3.63, 3.8) is 0 Å². The number of hydrogen-bond acceptors (Lipinski definition) is 8. The van der Waals surface area contributed by atoms with Crippen molar-refractivity contribution >= 4 is 29.4 Å². The Morgan fingerprint density at radius 2 is 1.35 bits per heavy atom. The summed E-state index contributed by atoms with van der Waals surface area (Å²) in [6.07, 6.45) is -5.41. The number of esters is 2. The fourth-order valence-corrected chi connectivity index (χ4v) is 4.16. The topological polar surface area (TPSA) is 123 Å². The SMILES string of the molecule is Nc1cc(N)cc(C(=O)OCCCCCCOC(=O)/C=C/c2ccc(OC(F)(F)c3ccc(OCCCC(F)(F)F)c(F)c3F)cc2)c1. The molecular formula is C33H33F7N2O6. The van der Waals surface area contributed by atoms with Gasteiger partial charge in [0, 0.05) is 23.9 Å². The summed E-state index contributed by atoms with van der Waals surface area (Å²) >= 11 is 0. The molecule has 0 atom stereocenters. The lowest BCUT2D eigenvalue weighted by molar-refractivity contribution is -0.187. The molecule has 0 amide bonds. The third-order valence-corrected chi connectivity index (χ3v) is 6.49. The maximum atomic E-state index is 14.7. The van der Waals surface area contributed by atoms with Crippen molar-refractivity contribution < 1.29 is 59.3 Å². The summed E-state index contributed by atoms with van der Waals surface area (Å²) in [6.45, 7) is -0.253. The Morgan fingerprint density at radius 3 is 1.98 bits per heavy atom. The number of carbonyl (C=O) groups is 2. The average Bonchev–Trinajstić information content (AvgIpc) is 3.00. The molecule has 48 heavy (non-hydrogen) atoms. The lowest BCUT2D eigenvalue weighted by Crippen LogP contribution is -2.24. The molecule has 260 valence electrons. The lowest BCUT2D eigenvalue weighted by Gasteiger charge is -2.20. The second-order valence-electron chi connectivity index (χ2n) is 10.4. The van der Waals surface area contributed by atoms with Crippen LogP contribution < -0.4 is 20.9 Å². The molecule has 0 saturated carbocycles. The Labute approximate surface area is 271 Å². The van der Waals surface area contributed by atoms with Crippen LogP contribution in [0.3, 0.4) is 0 Å². The number of ether oxygens (including phenoxy) is 4. The summed E-state index contributed by atoms with van der Waals surface area (Å²) in [4.78, 5) is 24.0. The largest absolute Gasteiger partial charge is 0.490 e. The van der Waals surface area contributed by atoms with E-state index in [1.54, 1.807) is 0 Å². The van der Waals surface area contributed by atoms with Crippen molar-refractivity contribution in [1.82, 2.24) is 0 Å². The molecule has 3 aromatic rings. The van der Waals surface area contributed by atoms with Crippen molar-refractivity contribution in [1.29, 1.82) is 0 Å². The normalized spacial score (nSPS) is 11.8. The molecule has 8 nitrogen and oxygen atoms in total. The first-order chi connectivity index (χ1) is 22.6. The van der Waals surface area contributed by atoms with E-state index in [4.69, 9.17) is 25.7 Å². The lowest BCUT2D eigenvalue weighted by atomic mass is 10.1. The van der Waals surface area contributed by atoms with Gasteiger partial charge in [-0.2, -0.15) is 26.3 Å². The molecule has 0 aromatic heterocycles. The molecular weight excluding hydrogens is 653 g/mol. The van der Waals surface area contributed by atoms with E-state index in [1.165, 1.54) is 36.4 Å². The summed E-state index contributed by atoms with van der Waals surface area (Å²) in [7, 11) is 0. The van der Waals surface area contributed by atoms with Crippen molar-refractivity contribution in [2.45, 2.75) is 50.8 Å². The highest BCUT2D eigenvalue weighted by atomic mass is 19.4. The average molecular weight is 687 g/mol. The molecule has 4 N–H and O–H groups in total. The number of anilines is 2. The molecule has 15 heteroatoms. The number of unbranched alkanes of at least 4 members (excludes halogenated alkanes) is 3. The first-order valence-electron chi connectivity index (χ1n) is 14.7. The van der Waals surface area contributed by atoms with Gasteiger partial charge in [-0.3, -0.25) is 0 Å². The van der Waals surface area contributed by atoms with E-state index in [1.807, 2.05) is 0 Å². The van der Waals surface area contributed by atoms with Crippen molar-refractivity contribution in [3.05, 3.63) is 89.0 Å². The van der Waals surface area contributed by atoms with Gasteiger partial charge in [-0.05, 0) is 86.2 Å². The van der Waals surface area contributed by atoms with Crippen LogP contribution in [0.5, 0.6) is 11.5 Å². The van der Waals surface area contributed by atoms with Crippen molar-refractivity contribution in [2.24, 2.45) is 0 Å². The Morgan fingerprint density at radius 1 is 0.729 bits per heavy atom. The fraction of sp³-hybridized carbons (Fsp3) is 0.333. The molecule has 0 aliphatic heterocycles. The highest BCUT2D eigenvalue weighted by Crippen LogP contribution is 2.36. The number of rotatable bonds is 17. The molecule has 0 fully saturated rings. The van der Waals surface area contributed by atoms with Gasteiger partial charge in [-0.25, -0.2) is 14.0 Å². The third-order valence-electron chi connectivity index (χ3n) is 6.49. The standard InChI is InChI=1S/C33H33F7N2O6/c34-29-26(11-12-27(30(29)35)45-17-5-14-32(36,37)38)33(39,40)48-25-9-6-21(7-10-25)8-13-28(43)46-15-3-1-2-4-16-47-31(44)22-18-23(41)20-24(42)19-22/h6-13,18-20H,1-5,14-17,41-42H2/b13-8+. The first-order valence-corrected chi connectivity index (χ1v) is 14.7. The van der Waals surface area contributed by atoms with Crippen LogP contribution in [0, 0.1) is 11.6 Å². The summed E-state index contributed by atoms with van der Waals surface area (Å²) in [5.41, 5.74) is 11.3.